The second-order valence-corrected chi connectivity index (χ2v) is 9.11. The van der Waals surface area contributed by atoms with Crippen molar-refractivity contribution in [3.8, 4) is 16.9 Å². The van der Waals surface area contributed by atoms with E-state index in [-0.39, 0.29) is 18.2 Å². The molecule has 0 bridgehead atoms. The number of rotatable bonds is 6. The highest BCUT2D eigenvalue weighted by molar-refractivity contribution is 5.65. The lowest BCUT2D eigenvalue weighted by atomic mass is 9.64. The molecule has 0 aliphatic heterocycles. The Bertz CT molecular complexity index is 948. The van der Waals surface area contributed by atoms with E-state index in [1.165, 1.54) is 31.7 Å². The van der Waals surface area contributed by atoms with Crippen molar-refractivity contribution in [3.05, 3.63) is 78.4 Å². The quantitative estimate of drug-likeness (QED) is 0.428. The van der Waals surface area contributed by atoms with Gasteiger partial charge in [0.15, 0.2) is 11.6 Å². The van der Waals surface area contributed by atoms with Gasteiger partial charge >= 0.3 is 0 Å². The number of allylic oxidation sites excluding steroid dienone is 2. The third-order valence-electron chi connectivity index (χ3n) is 7.18. The molecule has 4 rings (SSSR count). The molecular formula is C28H32F2O. The molecule has 1 nitrogen and oxygen atoms in total. The Morgan fingerprint density at radius 1 is 0.935 bits per heavy atom. The summed E-state index contributed by atoms with van der Waals surface area (Å²) in [5.41, 5.74) is 2.17. The zero-order chi connectivity index (χ0) is 21.8. The smallest absolute Gasteiger partial charge is 0.165 e. The number of fused-ring (bicyclic) bond motifs is 1. The van der Waals surface area contributed by atoms with Crippen LogP contribution in [0.15, 0.2) is 61.2 Å². The van der Waals surface area contributed by atoms with E-state index < -0.39 is 5.82 Å². The van der Waals surface area contributed by atoms with Crippen LogP contribution in [0.25, 0.3) is 11.1 Å². The lowest BCUT2D eigenvalue weighted by Crippen LogP contribution is -2.30. The monoisotopic (exact) mass is 422 g/mol. The first-order chi connectivity index (χ1) is 15.1. The van der Waals surface area contributed by atoms with E-state index in [2.05, 4.69) is 25.7 Å². The third kappa shape index (κ3) is 4.92. The van der Waals surface area contributed by atoms with Crippen LogP contribution in [0.2, 0.25) is 0 Å². The molecule has 4 unspecified atom stereocenters. The largest absolute Gasteiger partial charge is 0.486 e. The van der Waals surface area contributed by atoms with E-state index in [9.17, 15) is 4.39 Å². The van der Waals surface area contributed by atoms with Crippen LogP contribution in [0.1, 0.15) is 56.9 Å². The van der Waals surface area contributed by atoms with Gasteiger partial charge in [-0.1, -0.05) is 43.0 Å². The van der Waals surface area contributed by atoms with Crippen molar-refractivity contribution in [2.24, 2.45) is 17.8 Å². The van der Waals surface area contributed by atoms with Gasteiger partial charge in [-0.2, -0.15) is 0 Å². The average Bonchev–Trinajstić information content (AvgIpc) is 2.78. The minimum atomic E-state index is -0.448. The highest BCUT2D eigenvalue weighted by Gasteiger charge is 2.36. The van der Waals surface area contributed by atoms with Crippen molar-refractivity contribution in [2.75, 3.05) is 6.61 Å². The molecule has 2 saturated carbocycles. The number of hydrogen-bond acceptors (Lipinski definition) is 1. The summed E-state index contributed by atoms with van der Waals surface area (Å²) < 4.78 is 34.7. The van der Waals surface area contributed by atoms with Crippen LogP contribution >= 0.6 is 0 Å². The van der Waals surface area contributed by atoms with E-state index in [1.807, 2.05) is 12.1 Å². The minimum absolute atomic E-state index is 0.170. The Kier molecular flexibility index (Phi) is 6.89. The van der Waals surface area contributed by atoms with Gasteiger partial charge in [0.25, 0.3) is 0 Å². The van der Waals surface area contributed by atoms with Gasteiger partial charge in [0.1, 0.15) is 12.4 Å². The number of hydrogen-bond donors (Lipinski definition) is 0. The molecule has 2 aromatic rings. The van der Waals surface area contributed by atoms with Crippen LogP contribution in [-0.2, 0) is 0 Å². The average molecular weight is 423 g/mol. The van der Waals surface area contributed by atoms with Crippen molar-refractivity contribution in [3.63, 3.8) is 0 Å². The molecule has 0 N–H and O–H groups in total. The van der Waals surface area contributed by atoms with Crippen molar-refractivity contribution >= 4 is 0 Å². The van der Waals surface area contributed by atoms with Crippen LogP contribution in [0.5, 0.6) is 5.75 Å². The van der Waals surface area contributed by atoms with Crippen LogP contribution in [-0.4, -0.2) is 6.61 Å². The van der Waals surface area contributed by atoms with Gasteiger partial charge in [-0.15, -0.1) is 0 Å². The fraction of sp³-hybridized carbons (Fsp3) is 0.429. The highest BCUT2D eigenvalue weighted by Crippen LogP contribution is 2.48. The zero-order valence-electron chi connectivity index (χ0n) is 18.3. The van der Waals surface area contributed by atoms with Crippen LogP contribution in [0, 0.1) is 29.4 Å². The molecule has 0 heterocycles. The van der Waals surface area contributed by atoms with Gasteiger partial charge in [-0.05, 0) is 104 Å². The first-order valence-corrected chi connectivity index (χ1v) is 11.5. The summed E-state index contributed by atoms with van der Waals surface area (Å²) in [5.74, 6) is 2.09. The second-order valence-electron chi connectivity index (χ2n) is 9.11. The maximum atomic E-state index is 15.1. The van der Waals surface area contributed by atoms with Gasteiger partial charge in [-0.25, -0.2) is 8.78 Å². The molecule has 2 aliphatic rings. The predicted molar refractivity (Wildman–Crippen MR) is 123 cm³/mol. The summed E-state index contributed by atoms with van der Waals surface area (Å²) in [5, 5.41) is 0. The van der Waals surface area contributed by atoms with E-state index in [0.29, 0.717) is 17.0 Å². The van der Waals surface area contributed by atoms with E-state index in [1.54, 1.807) is 24.3 Å². The van der Waals surface area contributed by atoms with Crippen molar-refractivity contribution in [1.29, 1.82) is 0 Å². The molecular weight excluding hydrogens is 390 g/mol. The molecule has 2 aliphatic carbocycles. The van der Waals surface area contributed by atoms with E-state index >= 15 is 4.39 Å². The Morgan fingerprint density at radius 3 is 2.35 bits per heavy atom. The summed E-state index contributed by atoms with van der Waals surface area (Å²) in [4.78, 5) is 0. The van der Waals surface area contributed by atoms with E-state index in [0.717, 1.165) is 36.2 Å². The molecule has 0 amide bonds. The summed E-state index contributed by atoms with van der Waals surface area (Å²) in [6, 6.07) is 10.2. The highest BCUT2D eigenvalue weighted by atomic mass is 19.1. The maximum absolute atomic E-state index is 15.1. The minimum Gasteiger partial charge on any atom is -0.486 e. The Balaban J connectivity index is 1.46. The van der Waals surface area contributed by atoms with Gasteiger partial charge in [0, 0.05) is 0 Å². The lowest BCUT2D eigenvalue weighted by Gasteiger charge is -2.42. The molecule has 4 atom stereocenters. The lowest BCUT2D eigenvalue weighted by molar-refractivity contribution is 0.132. The summed E-state index contributed by atoms with van der Waals surface area (Å²) >= 11 is 0. The molecule has 2 fully saturated rings. The van der Waals surface area contributed by atoms with Crippen LogP contribution in [0.3, 0.4) is 0 Å². The first-order valence-electron chi connectivity index (χ1n) is 11.5. The molecule has 164 valence electrons. The summed E-state index contributed by atoms with van der Waals surface area (Å²) in [6.07, 6.45) is 13.3. The molecule has 3 heteroatoms. The topological polar surface area (TPSA) is 9.23 Å². The van der Waals surface area contributed by atoms with Gasteiger partial charge < -0.3 is 4.74 Å². The Morgan fingerprint density at radius 2 is 1.65 bits per heavy atom. The molecule has 2 aromatic carbocycles. The molecule has 0 radical (unpaired) electrons. The molecule has 0 spiro atoms. The third-order valence-corrected chi connectivity index (χ3v) is 7.18. The second kappa shape index (κ2) is 9.80. The number of halogens is 2. The Labute approximate surface area is 184 Å². The van der Waals surface area contributed by atoms with Gasteiger partial charge in [0.2, 0.25) is 0 Å². The standard InChI is InChI=1S/C28H32F2O/c1-3-5-19-6-7-21-16-24(9-8-20(21)15-19)25-12-10-22(17-26(25)29)23-11-13-28(27(30)18-23)31-14-4-2/h3-5,10-13,17-21,24H,2,6-9,14-16H2,1H3/b5-3+. The van der Waals surface area contributed by atoms with Crippen molar-refractivity contribution in [2.45, 2.75) is 51.4 Å². The SMILES string of the molecule is C=CCOc1ccc(-c2ccc(C3CCC4CC(/C=C/C)CCC4C3)c(F)c2)cc1F. The van der Waals surface area contributed by atoms with Crippen LogP contribution in [0.4, 0.5) is 8.78 Å². The van der Waals surface area contributed by atoms with Crippen molar-refractivity contribution < 1.29 is 13.5 Å². The molecule has 0 saturated heterocycles. The predicted octanol–water partition coefficient (Wildman–Crippen LogP) is 8.07. The Hall–Kier alpha value is -2.42. The first kappa shape index (κ1) is 21.8. The number of ether oxygens (including phenoxy) is 1. The van der Waals surface area contributed by atoms with E-state index in [4.69, 9.17) is 4.74 Å². The summed E-state index contributed by atoms with van der Waals surface area (Å²) in [6.45, 7) is 5.92. The fourth-order valence-corrected chi connectivity index (χ4v) is 5.64. The van der Waals surface area contributed by atoms with Crippen LogP contribution < -0.4 is 4.74 Å². The molecule has 31 heavy (non-hydrogen) atoms. The fourth-order valence-electron chi connectivity index (χ4n) is 5.64. The molecule has 0 aromatic heterocycles. The summed E-state index contributed by atoms with van der Waals surface area (Å²) in [7, 11) is 0. The zero-order valence-corrected chi connectivity index (χ0v) is 18.3. The van der Waals surface area contributed by atoms with Crippen molar-refractivity contribution in [1.82, 2.24) is 0 Å². The maximum Gasteiger partial charge on any atom is 0.165 e. The number of benzene rings is 2. The normalized spacial score (nSPS) is 25.9. The van der Waals surface area contributed by atoms with Gasteiger partial charge in [0.05, 0.1) is 0 Å². The van der Waals surface area contributed by atoms with Gasteiger partial charge in [-0.3, -0.25) is 0 Å².